The molecule has 1 saturated carbocycles. The molecule has 0 heterocycles. The highest BCUT2D eigenvalue weighted by Gasteiger charge is 2.32. The van der Waals surface area contributed by atoms with E-state index in [0.29, 0.717) is 34.1 Å². The molecule has 0 spiro atoms. The summed E-state index contributed by atoms with van der Waals surface area (Å²) in [5, 5.41) is 19.8. The van der Waals surface area contributed by atoms with E-state index < -0.39 is 5.41 Å². The van der Waals surface area contributed by atoms with Crippen LogP contribution in [-0.4, -0.2) is 21.8 Å². The molecule has 6 aromatic carbocycles. The first-order valence-corrected chi connectivity index (χ1v) is 17.6. The molecule has 0 amide bonds. The van der Waals surface area contributed by atoms with Crippen LogP contribution < -0.4 is 4.74 Å². The zero-order valence-corrected chi connectivity index (χ0v) is 28.8. The number of ether oxygens (including phenoxy) is 1. The van der Waals surface area contributed by atoms with Crippen LogP contribution in [0.15, 0.2) is 146 Å². The highest BCUT2D eigenvalue weighted by Crippen LogP contribution is 2.41. The summed E-state index contributed by atoms with van der Waals surface area (Å²) >= 11 is 0. The van der Waals surface area contributed by atoms with E-state index in [9.17, 15) is 24.2 Å². The summed E-state index contributed by atoms with van der Waals surface area (Å²) in [7, 11) is 0. The van der Waals surface area contributed by atoms with Gasteiger partial charge in [-0.25, -0.2) is 4.39 Å². The lowest BCUT2D eigenvalue weighted by Crippen LogP contribution is -2.25. The first-order valence-electron chi connectivity index (χ1n) is 17.6. The molecule has 0 aliphatic heterocycles. The second kappa shape index (κ2) is 14.7. The van der Waals surface area contributed by atoms with Gasteiger partial charge in [-0.15, -0.1) is 0 Å². The van der Waals surface area contributed by atoms with Crippen molar-refractivity contribution in [3.8, 4) is 23.0 Å². The number of phenols is 2. The van der Waals surface area contributed by atoms with Gasteiger partial charge in [-0.2, -0.15) is 0 Å². The number of rotatable bonds is 10. The number of halogens is 1. The molecule has 6 heteroatoms. The Balaban J connectivity index is 0.979. The molecule has 0 aromatic heterocycles. The molecule has 0 unspecified atom stereocenters. The molecule has 0 radical (unpaired) electrons. The van der Waals surface area contributed by atoms with Crippen LogP contribution in [0.5, 0.6) is 23.0 Å². The van der Waals surface area contributed by atoms with Gasteiger partial charge >= 0.3 is 0 Å². The molecule has 1 aliphatic carbocycles. The Kier molecular flexibility index (Phi) is 9.73. The number of carbonyl (C=O) groups is 2. The quantitative estimate of drug-likeness (QED) is 0.110. The third-order valence-electron chi connectivity index (χ3n) is 10.5. The van der Waals surface area contributed by atoms with Crippen molar-refractivity contribution in [1.29, 1.82) is 0 Å². The van der Waals surface area contributed by atoms with Gasteiger partial charge in [-0.3, -0.25) is 9.59 Å². The fourth-order valence-electron chi connectivity index (χ4n) is 7.37. The molecular weight excluding hydrogens is 651 g/mol. The van der Waals surface area contributed by atoms with E-state index in [1.165, 1.54) is 17.7 Å². The molecule has 52 heavy (non-hydrogen) atoms. The Labute approximate surface area is 303 Å². The predicted molar refractivity (Wildman–Crippen MR) is 200 cm³/mol. The van der Waals surface area contributed by atoms with Gasteiger partial charge < -0.3 is 14.9 Å². The van der Waals surface area contributed by atoms with Gasteiger partial charge in [-0.05, 0) is 146 Å². The maximum atomic E-state index is 13.4. The number of Topliss-reactive ketones (excluding diaryl/α,β-unsaturated/α-hetero) is 1. The van der Waals surface area contributed by atoms with Crippen molar-refractivity contribution in [1.82, 2.24) is 0 Å². The van der Waals surface area contributed by atoms with Crippen LogP contribution >= 0.6 is 0 Å². The first kappa shape index (κ1) is 34.4. The fraction of sp³-hybridized carbons (Fsp3) is 0.174. The Bertz CT molecular complexity index is 2100. The Morgan fingerprint density at radius 1 is 0.558 bits per heavy atom. The third kappa shape index (κ3) is 7.24. The van der Waals surface area contributed by atoms with E-state index in [2.05, 4.69) is 6.92 Å². The van der Waals surface area contributed by atoms with Crippen molar-refractivity contribution in [2.75, 3.05) is 0 Å². The van der Waals surface area contributed by atoms with Crippen molar-refractivity contribution in [2.24, 2.45) is 5.92 Å². The molecule has 1 aliphatic rings. The molecule has 0 saturated heterocycles. The number of carbonyl (C=O) groups excluding carboxylic acids is 2. The number of benzene rings is 6. The van der Waals surface area contributed by atoms with E-state index in [0.717, 1.165) is 42.4 Å². The lowest BCUT2D eigenvalue weighted by atomic mass is 9.71. The van der Waals surface area contributed by atoms with Gasteiger partial charge in [0.2, 0.25) is 0 Å². The minimum Gasteiger partial charge on any atom is -0.508 e. The summed E-state index contributed by atoms with van der Waals surface area (Å²) in [6.07, 6.45) is 3.37. The van der Waals surface area contributed by atoms with Crippen molar-refractivity contribution >= 4 is 11.6 Å². The summed E-state index contributed by atoms with van der Waals surface area (Å²) in [5.41, 5.74) is 5.33. The SMILES string of the molecule is CC(c1ccc(O)cc1)(c1ccc(O)cc1)c1ccc(Oc2ccc(C(=O)c3ccc(C4CCC(C(=O)c5ccc(F)cc5)CC4)cc3)cc2)cc1. The fourth-order valence-corrected chi connectivity index (χ4v) is 7.37. The molecule has 2 N–H and O–H groups in total. The number of aromatic hydroxyl groups is 2. The van der Waals surface area contributed by atoms with Crippen LogP contribution in [0.1, 0.15) is 87.1 Å². The van der Waals surface area contributed by atoms with Crippen molar-refractivity contribution in [3.63, 3.8) is 0 Å². The molecule has 7 rings (SSSR count). The van der Waals surface area contributed by atoms with Crippen LogP contribution in [-0.2, 0) is 5.41 Å². The molecular formula is C46H39FO5. The van der Waals surface area contributed by atoms with Gasteiger partial charge in [0.05, 0.1) is 0 Å². The van der Waals surface area contributed by atoms with Crippen molar-refractivity contribution in [3.05, 3.63) is 190 Å². The highest BCUT2D eigenvalue weighted by molar-refractivity contribution is 6.09. The Morgan fingerprint density at radius 2 is 0.962 bits per heavy atom. The average Bonchev–Trinajstić information content (AvgIpc) is 3.18. The molecule has 0 atom stereocenters. The van der Waals surface area contributed by atoms with Gasteiger partial charge in [0.25, 0.3) is 0 Å². The summed E-state index contributed by atoms with van der Waals surface area (Å²) in [6, 6.07) is 42.9. The zero-order valence-electron chi connectivity index (χ0n) is 28.8. The lowest BCUT2D eigenvalue weighted by molar-refractivity contribution is 0.0883. The Hall–Kier alpha value is -6.01. The highest BCUT2D eigenvalue weighted by atomic mass is 19.1. The lowest BCUT2D eigenvalue weighted by Gasteiger charge is -2.32. The van der Waals surface area contributed by atoms with Crippen LogP contribution in [0.3, 0.4) is 0 Å². The topological polar surface area (TPSA) is 83.8 Å². The summed E-state index contributed by atoms with van der Waals surface area (Å²) in [6.45, 7) is 2.11. The Morgan fingerprint density at radius 3 is 1.44 bits per heavy atom. The van der Waals surface area contributed by atoms with Gasteiger partial charge in [0.1, 0.15) is 28.8 Å². The van der Waals surface area contributed by atoms with E-state index >= 15 is 0 Å². The number of hydrogen-bond donors (Lipinski definition) is 2. The van der Waals surface area contributed by atoms with Crippen LogP contribution in [0.25, 0.3) is 0 Å². The largest absolute Gasteiger partial charge is 0.508 e. The first-order chi connectivity index (χ1) is 25.2. The number of hydrogen-bond acceptors (Lipinski definition) is 5. The van der Waals surface area contributed by atoms with Crippen LogP contribution in [0, 0.1) is 11.7 Å². The summed E-state index contributed by atoms with van der Waals surface area (Å²) in [5.74, 6) is 1.60. The van der Waals surface area contributed by atoms with Gasteiger partial charge in [-0.1, -0.05) is 60.7 Å². The summed E-state index contributed by atoms with van der Waals surface area (Å²) < 4.78 is 19.4. The van der Waals surface area contributed by atoms with E-state index in [4.69, 9.17) is 4.74 Å². The molecule has 6 aromatic rings. The van der Waals surface area contributed by atoms with Gasteiger partial charge in [0.15, 0.2) is 11.6 Å². The molecule has 260 valence electrons. The van der Waals surface area contributed by atoms with Crippen LogP contribution in [0.4, 0.5) is 4.39 Å². The predicted octanol–water partition coefficient (Wildman–Crippen LogP) is 10.8. The third-order valence-corrected chi connectivity index (χ3v) is 10.5. The smallest absolute Gasteiger partial charge is 0.193 e. The maximum Gasteiger partial charge on any atom is 0.193 e. The standard InChI is InChI=1S/C46H39FO5/c1-46(36-14-22-40(48)23-15-36,37-16-24-41(49)25-17-37)38-18-28-43(29-19-38)52-42-26-12-35(13-27-42)45(51)33-8-4-31(5-9-33)30-2-6-32(7-3-30)44(50)34-10-20-39(47)21-11-34/h4-5,8-30,32,48-49H,2-3,6-7H2,1H3. The average molecular weight is 691 g/mol. The van der Waals surface area contributed by atoms with E-state index in [1.54, 1.807) is 60.7 Å². The molecule has 5 nitrogen and oxygen atoms in total. The van der Waals surface area contributed by atoms with Gasteiger partial charge in [0, 0.05) is 28.0 Å². The maximum absolute atomic E-state index is 13.4. The summed E-state index contributed by atoms with van der Waals surface area (Å²) in [4.78, 5) is 26.2. The minimum absolute atomic E-state index is 0.0437. The number of ketones is 2. The number of phenolic OH excluding ortho intramolecular Hbond substituents is 2. The van der Waals surface area contributed by atoms with E-state index in [-0.39, 0.29) is 34.8 Å². The van der Waals surface area contributed by atoms with Crippen molar-refractivity contribution < 1.29 is 28.9 Å². The van der Waals surface area contributed by atoms with E-state index in [1.807, 2.05) is 72.8 Å². The van der Waals surface area contributed by atoms with Crippen LogP contribution in [0.2, 0.25) is 0 Å². The molecule has 0 bridgehead atoms. The second-order valence-electron chi connectivity index (χ2n) is 13.7. The zero-order chi connectivity index (χ0) is 36.2. The van der Waals surface area contributed by atoms with Crippen molar-refractivity contribution in [2.45, 2.75) is 43.9 Å². The minimum atomic E-state index is -0.563. The molecule has 1 fully saturated rings. The normalized spacial score (nSPS) is 15.9. The monoisotopic (exact) mass is 690 g/mol. The second-order valence-corrected chi connectivity index (χ2v) is 13.7.